The molecular weight excluding hydrogens is 248 g/mol. The summed E-state index contributed by atoms with van der Waals surface area (Å²) in [5, 5.41) is 3.40. The Bertz CT molecular complexity index is 276. The van der Waals surface area contributed by atoms with Gasteiger partial charge in [-0.2, -0.15) is 0 Å². The van der Waals surface area contributed by atoms with Gasteiger partial charge >= 0.3 is 0 Å². The Hall–Kier alpha value is -0.120. The van der Waals surface area contributed by atoms with E-state index in [0.29, 0.717) is 6.10 Å². The Morgan fingerprint density at radius 2 is 1.75 bits per heavy atom. The molecule has 0 aromatic carbocycles. The molecule has 2 heterocycles. The molecule has 20 heavy (non-hydrogen) atoms. The van der Waals surface area contributed by atoms with E-state index in [2.05, 4.69) is 10.2 Å². The summed E-state index contributed by atoms with van der Waals surface area (Å²) in [6, 6.07) is 0.913. The van der Waals surface area contributed by atoms with E-state index in [-0.39, 0.29) is 0 Å². The smallest absolute Gasteiger partial charge is 0.0599 e. The molecule has 3 nitrogen and oxygen atoms in total. The molecule has 0 amide bonds. The maximum absolute atomic E-state index is 6.04. The molecule has 3 aliphatic rings. The number of hydrogen-bond donors (Lipinski definition) is 1. The van der Waals surface area contributed by atoms with E-state index in [1.54, 1.807) is 0 Å². The van der Waals surface area contributed by atoms with Gasteiger partial charge in [0.1, 0.15) is 0 Å². The zero-order valence-corrected chi connectivity index (χ0v) is 13.0. The minimum atomic E-state index is 0.528. The van der Waals surface area contributed by atoms with Gasteiger partial charge in [-0.3, -0.25) is 0 Å². The zero-order valence-electron chi connectivity index (χ0n) is 13.0. The lowest BCUT2D eigenvalue weighted by atomic mass is 9.78. The van der Waals surface area contributed by atoms with Crippen LogP contribution in [-0.4, -0.2) is 49.8 Å². The van der Waals surface area contributed by atoms with Crippen molar-refractivity contribution in [1.29, 1.82) is 0 Å². The first kappa shape index (κ1) is 14.8. The van der Waals surface area contributed by atoms with Gasteiger partial charge < -0.3 is 15.0 Å². The van der Waals surface area contributed by atoms with Gasteiger partial charge in [0.15, 0.2) is 0 Å². The lowest BCUT2D eigenvalue weighted by Gasteiger charge is -2.44. The van der Waals surface area contributed by atoms with E-state index in [1.807, 2.05) is 0 Å². The Balaban J connectivity index is 1.34. The average molecular weight is 280 g/mol. The molecular formula is C17H32N2O. The first-order valence-corrected chi connectivity index (χ1v) is 9.00. The Kier molecular flexibility index (Phi) is 5.75. The number of fused-ring (bicyclic) bond motifs is 1. The van der Waals surface area contributed by atoms with Crippen LogP contribution in [0, 0.1) is 5.92 Å². The van der Waals surface area contributed by atoms with Gasteiger partial charge in [0.05, 0.1) is 6.10 Å². The molecule has 1 aliphatic carbocycles. The quantitative estimate of drug-likeness (QED) is 0.784. The van der Waals surface area contributed by atoms with E-state index in [0.717, 1.165) is 31.7 Å². The van der Waals surface area contributed by atoms with Crippen LogP contribution in [0.4, 0.5) is 0 Å². The van der Waals surface area contributed by atoms with E-state index < -0.39 is 0 Å². The number of likely N-dealkylation sites (tertiary alicyclic amines) is 1. The van der Waals surface area contributed by atoms with Gasteiger partial charge in [-0.1, -0.05) is 12.8 Å². The summed E-state index contributed by atoms with van der Waals surface area (Å²) in [7, 11) is 0. The topological polar surface area (TPSA) is 24.5 Å². The fourth-order valence-electron chi connectivity index (χ4n) is 4.49. The van der Waals surface area contributed by atoms with Gasteiger partial charge in [-0.15, -0.1) is 0 Å². The van der Waals surface area contributed by atoms with Crippen molar-refractivity contribution in [3.63, 3.8) is 0 Å². The molecule has 0 spiro atoms. The van der Waals surface area contributed by atoms with Crippen molar-refractivity contribution in [2.24, 2.45) is 5.92 Å². The third-order valence-electron chi connectivity index (χ3n) is 5.59. The first-order chi connectivity index (χ1) is 9.93. The highest BCUT2D eigenvalue weighted by Gasteiger charge is 2.32. The van der Waals surface area contributed by atoms with Crippen LogP contribution < -0.4 is 5.32 Å². The second-order valence-corrected chi connectivity index (χ2v) is 6.96. The largest absolute Gasteiger partial charge is 0.378 e. The highest BCUT2D eigenvalue weighted by molar-refractivity contribution is 4.87. The van der Waals surface area contributed by atoms with Crippen molar-refractivity contribution in [3.05, 3.63) is 0 Å². The third-order valence-corrected chi connectivity index (χ3v) is 5.59. The molecule has 116 valence electrons. The molecule has 0 radical (unpaired) electrons. The summed E-state index contributed by atoms with van der Waals surface area (Å²) in [5.74, 6) is 1.02. The van der Waals surface area contributed by atoms with Gasteiger partial charge in [-0.25, -0.2) is 0 Å². The fraction of sp³-hybridized carbons (Fsp3) is 1.00. The lowest BCUT2D eigenvalue weighted by molar-refractivity contribution is 0.0147. The molecule has 3 fully saturated rings. The Morgan fingerprint density at radius 3 is 2.65 bits per heavy atom. The van der Waals surface area contributed by atoms with Crippen LogP contribution in [0.5, 0.6) is 0 Å². The van der Waals surface area contributed by atoms with E-state index >= 15 is 0 Å². The number of nitrogens with one attached hydrogen (secondary N) is 1. The van der Waals surface area contributed by atoms with Crippen LogP contribution in [0.1, 0.15) is 57.8 Å². The Morgan fingerprint density at radius 1 is 0.950 bits per heavy atom. The highest BCUT2D eigenvalue weighted by atomic mass is 16.5. The maximum Gasteiger partial charge on any atom is 0.0599 e. The molecule has 0 aromatic rings. The van der Waals surface area contributed by atoms with Crippen LogP contribution >= 0.6 is 0 Å². The van der Waals surface area contributed by atoms with Crippen molar-refractivity contribution < 1.29 is 4.74 Å². The minimum absolute atomic E-state index is 0.528. The van der Waals surface area contributed by atoms with E-state index in [4.69, 9.17) is 4.74 Å². The second kappa shape index (κ2) is 7.77. The molecule has 0 aromatic heterocycles. The monoisotopic (exact) mass is 280 g/mol. The molecule has 0 unspecified atom stereocenters. The van der Waals surface area contributed by atoms with Crippen molar-refractivity contribution >= 4 is 0 Å². The SMILES string of the molecule is C1CC[C@@H]2[C@H](C1)CCCN2CCCOC1CCNCC1. The molecule has 0 bridgehead atoms. The third kappa shape index (κ3) is 3.96. The Labute approximate surface area is 124 Å². The van der Waals surface area contributed by atoms with Gasteiger partial charge in [0.2, 0.25) is 0 Å². The van der Waals surface area contributed by atoms with Gasteiger partial charge in [0, 0.05) is 19.2 Å². The lowest BCUT2D eigenvalue weighted by Crippen LogP contribution is -2.47. The second-order valence-electron chi connectivity index (χ2n) is 6.96. The summed E-state index contributed by atoms with van der Waals surface area (Å²) in [4.78, 5) is 2.79. The van der Waals surface area contributed by atoms with Crippen LogP contribution in [0.2, 0.25) is 0 Å². The maximum atomic E-state index is 6.04. The first-order valence-electron chi connectivity index (χ1n) is 9.00. The molecule has 2 aliphatic heterocycles. The predicted octanol–water partition coefficient (Wildman–Crippen LogP) is 2.80. The standard InChI is InChI=1S/C17H32N2O/c1-2-7-17-15(5-1)6-3-12-19(17)13-4-14-20-16-8-10-18-11-9-16/h15-18H,1-14H2/t15-,17-/m1/s1. The highest BCUT2D eigenvalue weighted by Crippen LogP contribution is 2.35. The summed E-state index contributed by atoms with van der Waals surface area (Å²) >= 11 is 0. The predicted molar refractivity (Wildman–Crippen MR) is 83.0 cm³/mol. The van der Waals surface area contributed by atoms with Crippen molar-refractivity contribution in [2.45, 2.75) is 69.9 Å². The number of rotatable bonds is 5. The minimum Gasteiger partial charge on any atom is -0.378 e. The molecule has 3 heteroatoms. The molecule has 2 saturated heterocycles. The summed E-state index contributed by atoms with van der Waals surface area (Å²) in [6.45, 7) is 5.86. The zero-order chi connectivity index (χ0) is 13.6. The van der Waals surface area contributed by atoms with Crippen molar-refractivity contribution in [1.82, 2.24) is 10.2 Å². The summed E-state index contributed by atoms with van der Waals surface area (Å²) in [6.07, 6.45) is 13.0. The number of hydrogen-bond acceptors (Lipinski definition) is 3. The van der Waals surface area contributed by atoms with Gasteiger partial charge in [0.25, 0.3) is 0 Å². The van der Waals surface area contributed by atoms with Gasteiger partial charge in [-0.05, 0) is 70.5 Å². The molecule has 2 atom stereocenters. The van der Waals surface area contributed by atoms with Crippen LogP contribution in [0.25, 0.3) is 0 Å². The molecule has 1 saturated carbocycles. The number of nitrogens with zero attached hydrogens (tertiary/aromatic N) is 1. The average Bonchev–Trinajstić information content (AvgIpc) is 2.53. The molecule has 3 rings (SSSR count). The summed E-state index contributed by atoms with van der Waals surface area (Å²) in [5.41, 5.74) is 0. The van der Waals surface area contributed by atoms with Crippen molar-refractivity contribution in [3.8, 4) is 0 Å². The van der Waals surface area contributed by atoms with Crippen molar-refractivity contribution in [2.75, 3.05) is 32.8 Å². The summed E-state index contributed by atoms with van der Waals surface area (Å²) < 4.78 is 6.04. The van der Waals surface area contributed by atoms with Crippen LogP contribution in [0.3, 0.4) is 0 Å². The number of piperidine rings is 2. The number of ether oxygens (including phenoxy) is 1. The van der Waals surface area contributed by atoms with E-state index in [1.165, 1.54) is 70.9 Å². The van der Waals surface area contributed by atoms with Crippen LogP contribution in [-0.2, 0) is 4.74 Å². The molecule has 1 N–H and O–H groups in total. The van der Waals surface area contributed by atoms with Crippen LogP contribution in [0.15, 0.2) is 0 Å². The fourth-order valence-corrected chi connectivity index (χ4v) is 4.49. The van der Waals surface area contributed by atoms with E-state index in [9.17, 15) is 0 Å². The normalized spacial score (nSPS) is 33.0.